The summed E-state index contributed by atoms with van der Waals surface area (Å²) < 4.78 is 0. The third-order valence-electron chi connectivity index (χ3n) is 4.16. The second-order valence-corrected chi connectivity index (χ2v) is 9.22. The van der Waals surface area contributed by atoms with Gasteiger partial charge in [-0.1, -0.05) is 43.1 Å². The van der Waals surface area contributed by atoms with Crippen LogP contribution in [0.25, 0.3) is 21.5 Å². The number of primary amides is 1. The van der Waals surface area contributed by atoms with Crippen molar-refractivity contribution in [2.45, 2.75) is 13.8 Å². The predicted molar refractivity (Wildman–Crippen MR) is 122 cm³/mol. The van der Waals surface area contributed by atoms with E-state index in [1.807, 2.05) is 0 Å². The number of amides is 1. The first kappa shape index (κ1) is 21.0. The first-order valence-corrected chi connectivity index (χ1v) is 10.5. The standard InChI is InChI=1S/C18H19Cl2N5OS2/c1-18(2,7-27)6-23-17-24-13(8-3-4-9(19)10(20)5-8)11-12(21)14(15(22)26)28-16(11)25-17/h3-5,27H,6-7,21H2,1-2H3,(H2,22,26)(H,23,24,25). The maximum absolute atomic E-state index is 11.8. The van der Waals surface area contributed by atoms with Crippen LogP contribution in [0.5, 0.6) is 0 Å². The van der Waals surface area contributed by atoms with E-state index >= 15 is 0 Å². The Morgan fingerprint density at radius 1 is 1.29 bits per heavy atom. The van der Waals surface area contributed by atoms with Crippen LogP contribution >= 0.6 is 47.2 Å². The Balaban J connectivity index is 2.20. The number of rotatable bonds is 6. The number of nitrogen functional groups attached to an aromatic ring is 1. The molecule has 5 N–H and O–H groups in total. The molecule has 1 aromatic carbocycles. The molecule has 0 fully saturated rings. The van der Waals surface area contributed by atoms with Crippen LogP contribution in [-0.2, 0) is 0 Å². The largest absolute Gasteiger partial charge is 0.397 e. The minimum atomic E-state index is -0.605. The zero-order valence-electron chi connectivity index (χ0n) is 15.2. The minimum Gasteiger partial charge on any atom is -0.397 e. The van der Waals surface area contributed by atoms with Crippen LogP contribution in [0.4, 0.5) is 11.6 Å². The van der Waals surface area contributed by atoms with Crippen LogP contribution in [0.3, 0.4) is 0 Å². The summed E-state index contributed by atoms with van der Waals surface area (Å²) in [5, 5.41) is 4.63. The molecule has 0 aliphatic rings. The highest BCUT2D eigenvalue weighted by molar-refractivity contribution is 7.80. The quantitative estimate of drug-likeness (QED) is 0.402. The molecular formula is C18H19Cl2N5OS2. The van der Waals surface area contributed by atoms with Gasteiger partial charge in [0.2, 0.25) is 5.95 Å². The summed E-state index contributed by atoms with van der Waals surface area (Å²) in [6, 6.07) is 5.18. The van der Waals surface area contributed by atoms with Gasteiger partial charge >= 0.3 is 0 Å². The van der Waals surface area contributed by atoms with Gasteiger partial charge in [0.05, 0.1) is 26.8 Å². The van der Waals surface area contributed by atoms with E-state index in [2.05, 4.69) is 41.8 Å². The number of fused-ring (bicyclic) bond motifs is 1. The summed E-state index contributed by atoms with van der Waals surface area (Å²) in [6.45, 7) is 4.78. The number of nitrogens with two attached hydrogens (primary N) is 2. The van der Waals surface area contributed by atoms with Gasteiger partial charge in [-0.05, 0) is 23.3 Å². The molecule has 10 heteroatoms. The van der Waals surface area contributed by atoms with E-state index in [0.717, 1.165) is 11.3 Å². The molecule has 28 heavy (non-hydrogen) atoms. The van der Waals surface area contributed by atoms with Gasteiger partial charge in [-0.25, -0.2) is 9.97 Å². The summed E-state index contributed by atoms with van der Waals surface area (Å²) in [4.78, 5) is 21.7. The third kappa shape index (κ3) is 4.15. The lowest BCUT2D eigenvalue weighted by Crippen LogP contribution is -2.25. The number of benzene rings is 1. The van der Waals surface area contributed by atoms with Gasteiger partial charge in [0.15, 0.2) is 0 Å². The molecule has 0 aliphatic carbocycles. The molecule has 2 heterocycles. The van der Waals surface area contributed by atoms with E-state index in [0.29, 0.717) is 49.8 Å². The molecular weight excluding hydrogens is 437 g/mol. The number of hydrogen-bond donors (Lipinski definition) is 4. The van der Waals surface area contributed by atoms with Crippen LogP contribution in [0.1, 0.15) is 23.5 Å². The maximum atomic E-state index is 11.8. The molecule has 0 unspecified atom stereocenters. The Morgan fingerprint density at radius 3 is 2.61 bits per heavy atom. The van der Waals surface area contributed by atoms with Gasteiger partial charge in [-0.15, -0.1) is 11.3 Å². The second kappa shape index (κ2) is 7.94. The van der Waals surface area contributed by atoms with Crippen molar-refractivity contribution in [3.8, 4) is 11.3 Å². The lowest BCUT2D eigenvalue weighted by atomic mass is 9.97. The molecule has 148 valence electrons. The van der Waals surface area contributed by atoms with Crippen LogP contribution in [0.15, 0.2) is 18.2 Å². The molecule has 6 nitrogen and oxygen atoms in total. The number of carbonyl (C=O) groups is 1. The van der Waals surface area contributed by atoms with Crippen molar-refractivity contribution in [3.05, 3.63) is 33.1 Å². The van der Waals surface area contributed by atoms with Gasteiger partial charge in [0, 0.05) is 12.1 Å². The molecule has 0 bridgehead atoms. The fourth-order valence-electron chi connectivity index (χ4n) is 2.51. The van der Waals surface area contributed by atoms with Crippen molar-refractivity contribution in [1.82, 2.24) is 9.97 Å². The minimum absolute atomic E-state index is 0.0575. The van der Waals surface area contributed by atoms with E-state index in [4.69, 9.17) is 34.7 Å². The summed E-state index contributed by atoms with van der Waals surface area (Å²) in [6.07, 6.45) is 0. The zero-order chi connectivity index (χ0) is 20.6. The number of thiol groups is 1. The topological polar surface area (TPSA) is 107 Å². The molecule has 0 saturated carbocycles. The average Bonchev–Trinajstić information content (AvgIpc) is 2.99. The Hall–Kier alpha value is -1.74. The van der Waals surface area contributed by atoms with Crippen LogP contribution in [0, 0.1) is 5.41 Å². The fraction of sp³-hybridized carbons (Fsp3) is 0.278. The summed E-state index contributed by atoms with van der Waals surface area (Å²) in [5.41, 5.74) is 13.1. The van der Waals surface area contributed by atoms with Gasteiger partial charge in [-0.2, -0.15) is 12.6 Å². The molecule has 3 rings (SSSR count). The molecule has 0 spiro atoms. The first-order chi connectivity index (χ1) is 13.1. The Kier molecular flexibility index (Phi) is 5.95. The molecule has 1 amide bonds. The predicted octanol–water partition coefficient (Wildman–Crippen LogP) is 4.71. The van der Waals surface area contributed by atoms with Crippen molar-refractivity contribution in [2.24, 2.45) is 11.1 Å². The number of nitrogens with one attached hydrogen (secondary N) is 1. The highest BCUT2D eigenvalue weighted by atomic mass is 35.5. The number of halogens is 2. The number of thiophene rings is 1. The van der Waals surface area contributed by atoms with Gasteiger partial charge in [-0.3, -0.25) is 4.79 Å². The summed E-state index contributed by atoms with van der Waals surface area (Å²) in [7, 11) is 0. The summed E-state index contributed by atoms with van der Waals surface area (Å²) >= 11 is 17.7. The highest BCUT2D eigenvalue weighted by Crippen LogP contribution is 2.40. The molecule has 2 aromatic heterocycles. The highest BCUT2D eigenvalue weighted by Gasteiger charge is 2.22. The van der Waals surface area contributed by atoms with E-state index in [1.54, 1.807) is 18.2 Å². The number of aromatic nitrogens is 2. The van der Waals surface area contributed by atoms with E-state index in [9.17, 15) is 4.79 Å². The first-order valence-electron chi connectivity index (χ1n) is 8.33. The van der Waals surface area contributed by atoms with E-state index < -0.39 is 5.91 Å². The van der Waals surface area contributed by atoms with Crippen molar-refractivity contribution in [3.63, 3.8) is 0 Å². The molecule has 0 radical (unpaired) electrons. The second-order valence-electron chi connectivity index (χ2n) is 7.09. The van der Waals surface area contributed by atoms with Crippen molar-refractivity contribution >= 4 is 74.9 Å². The number of hydrogen-bond acceptors (Lipinski definition) is 7. The number of anilines is 2. The Labute approximate surface area is 182 Å². The van der Waals surface area contributed by atoms with Crippen LogP contribution < -0.4 is 16.8 Å². The van der Waals surface area contributed by atoms with Gasteiger partial charge in [0.25, 0.3) is 5.91 Å². The van der Waals surface area contributed by atoms with Crippen LogP contribution in [0.2, 0.25) is 10.0 Å². The average molecular weight is 456 g/mol. The molecule has 3 aromatic rings. The van der Waals surface area contributed by atoms with E-state index in [1.165, 1.54) is 0 Å². The van der Waals surface area contributed by atoms with E-state index in [-0.39, 0.29) is 16.0 Å². The third-order valence-corrected chi connectivity index (χ3v) is 6.87. The normalized spacial score (nSPS) is 11.8. The lowest BCUT2D eigenvalue weighted by Gasteiger charge is -2.22. The Morgan fingerprint density at radius 2 is 2.00 bits per heavy atom. The maximum Gasteiger partial charge on any atom is 0.260 e. The van der Waals surface area contributed by atoms with Crippen molar-refractivity contribution in [2.75, 3.05) is 23.3 Å². The molecule has 0 atom stereocenters. The van der Waals surface area contributed by atoms with Gasteiger partial charge < -0.3 is 16.8 Å². The zero-order valence-corrected chi connectivity index (χ0v) is 18.4. The van der Waals surface area contributed by atoms with Crippen LogP contribution in [-0.4, -0.2) is 28.2 Å². The number of nitrogens with zero attached hydrogens (tertiary/aromatic N) is 2. The molecule has 0 saturated heterocycles. The SMILES string of the molecule is CC(C)(CS)CNc1nc(-c2ccc(Cl)c(Cl)c2)c2c(N)c(C(N)=O)sc2n1. The van der Waals surface area contributed by atoms with Gasteiger partial charge in [0.1, 0.15) is 9.71 Å². The summed E-state index contributed by atoms with van der Waals surface area (Å²) in [5.74, 6) is 0.506. The smallest absolute Gasteiger partial charge is 0.260 e. The Bertz CT molecular complexity index is 1070. The number of carbonyl (C=O) groups excluding carboxylic acids is 1. The lowest BCUT2D eigenvalue weighted by molar-refractivity contribution is 0.100. The van der Waals surface area contributed by atoms with Crippen molar-refractivity contribution in [1.29, 1.82) is 0 Å². The monoisotopic (exact) mass is 455 g/mol. The fourth-order valence-corrected chi connectivity index (χ4v) is 3.87. The molecule has 0 aliphatic heterocycles. The van der Waals surface area contributed by atoms with Crippen molar-refractivity contribution < 1.29 is 4.79 Å².